The van der Waals surface area contributed by atoms with Gasteiger partial charge in [0.1, 0.15) is 0 Å². The molecule has 6 nitrogen and oxygen atoms in total. The molecular weight excluding hydrogens is 767 g/mol. The molecule has 3 N–H and O–H groups in total. The Morgan fingerprint density at radius 1 is 0.452 bits per heavy atom. The molecule has 6 heteroatoms. The molecular formula is C56H103NO5. The number of ether oxygens (including phenoxy) is 1. The van der Waals surface area contributed by atoms with E-state index in [4.69, 9.17) is 4.74 Å². The minimum absolute atomic E-state index is 0.0518. The van der Waals surface area contributed by atoms with Crippen LogP contribution in [0, 0.1) is 0 Å². The van der Waals surface area contributed by atoms with Crippen LogP contribution in [0.15, 0.2) is 48.6 Å². The third-order valence-corrected chi connectivity index (χ3v) is 12.1. The Morgan fingerprint density at radius 2 is 0.823 bits per heavy atom. The molecule has 1 amide bonds. The molecule has 0 radical (unpaired) electrons. The first-order valence-corrected chi connectivity index (χ1v) is 26.9. The van der Waals surface area contributed by atoms with Crippen LogP contribution in [0.2, 0.25) is 0 Å². The topological polar surface area (TPSA) is 95.9 Å². The molecule has 0 saturated heterocycles. The fraction of sp³-hybridized carbons (Fsp3) is 0.821. The van der Waals surface area contributed by atoms with Crippen molar-refractivity contribution in [3.05, 3.63) is 48.6 Å². The minimum Gasteiger partial charge on any atom is -0.466 e. The molecule has 0 heterocycles. The van der Waals surface area contributed by atoms with Crippen molar-refractivity contribution in [1.29, 1.82) is 0 Å². The number of carbonyl (C=O) groups excluding carboxylic acids is 2. The molecule has 0 aromatic carbocycles. The van der Waals surface area contributed by atoms with E-state index >= 15 is 0 Å². The van der Waals surface area contributed by atoms with E-state index in [0.717, 1.165) is 83.5 Å². The fourth-order valence-electron chi connectivity index (χ4n) is 7.90. The minimum atomic E-state index is -0.878. The maximum atomic E-state index is 12.4. The lowest BCUT2D eigenvalue weighted by Gasteiger charge is -2.19. The predicted molar refractivity (Wildman–Crippen MR) is 269 cm³/mol. The zero-order valence-corrected chi connectivity index (χ0v) is 41.1. The van der Waals surface area contributed by atoms with Gasteiger partial charge in [0.25, 0.3) is 0 Å². The smallest absolute Gasteiger partial charge is 0.305 e. The summed E-state index contributed by atoms with van der Waals surface area (Å²) >= 11 is 0. The number of allylic oxidation sites excluding steroid dienone is 7. The first-order chi connectivity index (χ1) is 30.5. The van der Waals surface area contributed by atoms with E-state index in [1.165, 1.54) is 161 Å². The summed E-state index contributed by atoms with van der Waals surface area (Å²) in [6.07, 6.45) is 64.1. The number of carbonyl (C=O) groups is 2. The van der Waals surface area contributed by atoms with E-state index < -0.39 is 12.1 Å². The van der Waals surface area contributed by atoms with Crippen molar-refractivity contribution in [1.82, 2.24) is 5.32 Å². The number of aliphatic hydroxyl groups is 2. The van der Waals surface area contributed by atoms with E-state index in [1.807, 2.05) is 6.08 Å². The second kappa shape index (κ2) is 51.5. The molecule has 0 spiro atoms. The third kappa shape index (κ3) is 47.3. The molecule has 0 aliphatic heterocycles. The van der Waals surface area contributed by atoms with Crippen LogP contribution < -0.4 is 5.32 Å². The second-order valence-electron chi connectivity index (χ2n) is 18.2. The Hall–Kier alpha value is -2.18. The van der Waals surface area contributed by atoms with Gasteiger partial charge in [0.2, 0.25) is 5.91 Å². The molecule has 62 heavy (non-hydrogen) atoms. The van der Waals surface area contributed by atoms with Crippen molar-refractivity contribution >= 4 is 11.9 Å². The van der Waals surface area contributed by atoms with Gasteiger partial charge in [-0.15, -0.1) is 0 Å². The zero-order valence-electron chi connectivity index (χ0n) is 41.1. The number of unbranched alkanes of at least 4 members (excludes halogenated alkanes) is 32. The van der Waals surface area contributed by atoms with E-state index in [-0.39, 0.29) is 18.5 Å². The van der Waals surface area contributed by atoms with Crippen molar-refractivity contribution in [2.75, 3.05) is 13.2 Å². The number of hydrogen-bond acceptors (Lipinski definition) is 5. The summed E-state index contributed by atoms with van der Waals surface area (Å²) in [7, 11) is 0. The summed E-state index contributed by atoms with van der Waals surface area (Å²) in [6, 6.07) is -0.668. The van der Waals surface area contributed by atoms with Gasteiger partial charge in [-0.05, 0) is 83.5 Å². The maximum Gasteiger partial charge on any atom is 0.305 e. The largest absolute Gasteiger partial charge is 0.466 e. The van der Waals surface area contributed by atoms with Gasteiger partial charge in [0.15, 0.2) is 0 Å². The molecule has 0 aromatic rings. The summed E-state index contributed by atoms with van der Waals surface area (Å²) < 4.78 is 5.43. The molecule has 0 saturated carbocycles. The summed E-state index contributed by atoms with van der Waals surface area (Å²) in [5.74, 6) is -0.181. The normalized spacial score (nSPS) is 13.0. The Labute approximate surface area is 385 Å². The van der Waals surface area contributed by atoms with Gasteiger partial charge in [-0.1, -0.05) is 223 Å². The highest BCUT2D eigenvalue weighted by molar-refractivity contribution is 5.76. The van der Waals surface area contributed by atoms with Crippen LogP contribution in [0.1, 0.15) is 271 Å². The monoisotopic (exact) mass is 870 g/mol. The van der Waals surface area contributed by atoms with E-state index in [0.29, 0.717) is 19.4 Å². The van der Waals surface area contributed by atoms with Crippen LogP contribution in [-0.4, -0.2) is 47.4 Å². The zero-order chi connectivity index (χ0) is 45.1. The van der Waals surface area contributed by atoms with Crippen LogP contribution in [0.5, 0.6) is 0 Å². The van der Waals surface area contributed by atoms with Crippen molar-refractivity contribution in [2.24, 2.45) is 0 Å². The summed E-state index contributed by atoms with van der Waals surface area (Å²) in [5, 5.41) is 23.1. The Bertz CT molecular complexity index is 1050. The molecule has 2 atom stereocenters. The number of esters is 1. The highest BCUT2D eigenvalue weighted by atomic mass is 16.5. The van der Waals surface area contributed by atoms with Gasteiger partial charge in [0.05, 0.1) is 25.4 Å². The SMILES string of the molecule is CCCCCC/C=C\C/C=C\CCCCCCCC(=O)OCCCCCC/C=C\CCCC(=O)NC(CO)C(O)/C=C/CCCCCCCCCCCCCCCCCCCC. The summed E-state index contributed by atoms with van der Waals surface area (Å²) in [5.41, 5.74) is 0. The molecule has 0 rings (SSSR count). The number of aliphatic hydroxyl groups excluding tert-OH is 2. The molecule has 0 aromatic heterocycles. The van der Waals surface area contributed by atoms with E-state index in [2.05, 4.69) is 55.6 Å². The highest BCUT2D eigenvalue weighted by Gasteiger charge is 2.17. The Kier molecular flexibility index (Phi) is 49.6. The van der Waals surface area contributed by atoms with E-state index in [1.54, 1.807) is 6.08 Å². The summed E-state index contributed by atoms with van der Waals surface area (Å²) in [6.45, 7) is 4.79. The van der Waals surface area contributed by atoms with Gasteiger partial charge in [-0.2, -0.15) is 0 Å². The van der Waals surface area contributed by atoms with Gasteiger partial charge >= 0.3 is 5.97 Å². The van der Waals surface area contributed by atoms with Crippen molar-refractivity contribution in [3.63, 3.8) is 0 Å². The fourth-order valence-corrected chi connectivity index (χ4v) is 7.90. The Morgan fingerprint density at radius 3 is 1.29 bits per heavy atom. The molecule has 362 valence electrons. The van der Waals surface area contributed by atoms with Crippen molar-refractivity contribution < 1.29 is 24.5 Å². The lowest BCUT2D eigenvalue weighted by Crippen LogP contribution is -2.45. The van der Waals surface area contributed by atoms with Crippen molar-refractivity contribution in [3.8, 4) is 0 Å². The Balaban J connectivity index is 3.59. The lowest BCUT2D eigenvalue weighted by atomic mass is 10.0. The van der Waals surface area contributed by atoms with Gasteiger partial charge in [-0.25, -0.2) is 0 Å². The maximum absolute atomic E-state index is 12.4. The van der Waals surface area contributed by atoms with Crippen LogP contribution in [0.25, 0.3) is 0 Å². The average Bonchev–Trinajstić information content (AvgIpc) is 3.27. The van der Waals surface area contributed by atoms with Gasteiger partial charge in [0, 0.05) is 12.8 Å². The molecule has 0 bridgehead atoms. The van der Waals surface area contributed by atoms with Crippen LogP contribution in [-0.2, 0) is 14.3 Å². The number of amides is 1. The quantitative estimate of drug-likeness (QED) is 0.0322. The average molecular weight is 870 g/mol. The number of hydrogen-bond donors (Lipinski definition) is 3. The number of rotatable bonds is 49. The van der Waals surface area contributed by atoms with Crippen molar-refractivity contribution in [2.45, 2.75) is 283 Å². The first kappa shape index (κ1) is 59.8. The molecule has 0 fully saturated rings. The number of nitrogens with one attached hydrogen (secondary N) is 1. The summed E-state index contributed by atoms with van der Waals surface area (Å²) in [4.78, 5) is 24.5. The predicted octanol–water partition coefficient (Wildman–Crippen LogP) is 16.2. The molecule has 0 aliphatic rings. The van der Waals surface area contributed by atoms with Crippen LogP contribution in [0.4, 0.5) is 0 Å². The standard InChI is InChI=1S/C56H103NO5/c1-3-5-7-9-11-13-15-17-19-21-22-23-24-25-27-29-32-36-40-44-48-54(59)53(52-58)57-55(60)49-45-41-37-33-31-35-39-43-47-51-62-56(61)50-46-42-38-34-30-28-26-20-18-16-14-12-10-8-6-4-2/h14,16,20,26,33,37,44,48,53-54,58-59H,3-13,15,17-19,21-25,27-32,34-36,38-43,45-47,49-52H2,1-2H3,(H,57,60)/b16-14-,26-20-,37-33-,48-44+. The van der Waals surface area contributed by atoms with Gasteiger partial charge < -0.3 is 20.3 Å². The lowest BCUT2D eigenvalue weighted by molar-refractivity contribution is -0.143. The molecule has 0 aliphatic carbocycles. The van der Waals surface area contributed by atoms with E-state index in [9.17, 15) is 19.8 Å². The van der Waals surface area contributed by atoms with Crippen LogP contribution in [0.3, 0.4) is 0 Å². The third-order valence-electron chi connectivity index (χ3n) is 12.1. The highest BCUT2D eigenvalue weighted by Crippen LogP contribution is 2.15. The van der Waals surface area contributed by atoms with Gasteiger partial charge in [-0.3, -0.25) is 9.59 Å². The second-order valence-corrected chi connectivity index (χ2v) is 18.2. The van der Waals surface area contributed by atoms with Crippen LogP contribution >= 0.6 is 0 Å². The molecule has 2 unspecified atom stereocenters. The first-order valence-electron chi connectivity index (χ1n) is 26.9.